The standard InChI is InChI=1S/C15H18N4O3S2/c1-5-13-17-19-14(10(3)16-15(19)23-13)24(20,21)18-12-7-6-11(22-4)8-9(12)2/h6-8,18H,5H2,1-4H3. The Labute approximate surface area is 144 Å². The van der Waals surface area contributed by atoms with E-state index in [0.29, 0.717) is 22.1 Å². The highest BCUT2D eigenvalue weighted by molar-refractivity contribution is 7.92. The highest BCUT2D eigenvalue weighted by atomic mass is 32.2. The summed E-state index contributed by atoms with van der Waals surface area (Å²) in [5.41, 5.74) is 1.69. The van der Waals surface area contributed by atoms with Gasteiger partial charge in [-0.3, -0.25) is 4.72 Å². The van der Waals surface area contributed by atoms with Gasteiger partial charge in [0, 0.05) is 0 Å². The molecule has 0 saturated carbocycles. The molecule has 128 valence electrons. The van der Waals surface area contributed by atoms with Gasteiger partial charge in [-0.05, 0) is 44.0 Å². The molecular weight excluding hydrogens is 348 g/mol. The first kappa shape index (κ1) is 16.7. The summed E-state index contributed by atoms with van der Waals surface area (Å²) in [6.45, 7) is 5.46. The fourth-order valence-corrected chi connectivity index (χ4v) is 4.73. The molecule has 0 radical (unpaired) electrons. The fourth-order valence-electron chi connectivity index (χ4n) is 2.39. The van der Waals surface area contributed by atoms with Crippen molar-refractivity contribution < 1.29 is 13.2 Å². The second kappa shape index (κ2) is 6.06. The van der Waals surface area contributed by atoms with Crippen molar-refractivity contribution in [3.8, 4) is 5.75 Å². The van der Waals surface area contributed by atoms with E-state index in [0.717, 1.165) is 17.0 Å². The number of rotatable bonds is 5. The minimum absolute atomic E-state index is 0.0728. The van der Waals surface area contributed by atoms with Crippen molar-refractivity contribution in [2.24, 2.45) is 0 Å². The quantitative estimate of drug-likeness (QED) is 0.750. The average molecular weight is 366 g/mol. The van der Waals surface area contributed by atoms with Gasteiger partial charge in [0.1, 0.15) is 10.8 Å². The number of hydrogen-bond donors (Lipinski definition) is 1. The zero-order chi connectivity index (χ0) is 17.5. The van der Waals surface area contributed by atoms with Gasteiger partial charge in [0.25, 0.3) is 10.0 Å². The number of aryl methyl sites for hydroxylation is 3. The molecule has 0 fully saturated rings. The Kier molecular flexibility index (Phi) is 4.22. The van der Waals surface area contributed by atoms with Gasteiger partial charge in [-0.25, -0.2) is 4.98 Å². The third kappa shape index (κ3) is 2.84. The molecule has 0 aliphatic rings. The molecule has 0 amide bonds. The number of benzene rings is 1. The normalized spacial score (nSPS) is 11.8. The lowest BCUT2D eigenvalue weighted by Gasteiger charge is -2.11. The van der Waals surface area contributed by atoms with Crippen molar-refractivity contribution in [1.29, 1.82) is 0 Å². The summed E-state index contributed by atoms with van der Waals surface area (Å²) >= 11 is 1.39. The number of nitrogens with zero attached hydrogens (tertiary/aromatic N) is 3. The predicted molar refractivity (Wildman–Crippen MR) is 93.5 cm³/mol. The number of nitrogens with one attached hydrogen (secondary N) is 1. The molecule has 2 aromatic heterocycles. The molecule has 9 heteroatoms. The number of imidazole rings is 1. The van der Waals surface area contributed by atoms with Gasteiger partial charge >= 0.3 is 0 Å². The molecular formula is C15H18N4O3S2. The van der Waals surface area contributed by atoms with Crippen LogP contribution in [0.3, 0.4) is 0 Å². The van der Waals surface area contributed by atoms with Crippen molar-refractivity contribution in [3.63, 3.8) is 0 Å². The van der Waals surface area contributed by atoms with E-state index in [9.17, 15) is 8.42 Å². The molecule has 7 nitrogen and oxygen atoms in total. The third-order valence-electron chi connectivity index (χ3n) is 3.60. The predicted octanol–water partition coefficient (Wildman–Crippen LogP) is 2.78. The van der Waals surface area contributed by atoms with Crippen molar-refractivity contribution in [3.05, 3.63) is 34.5 Å². The number of fused-ring (bicyclic) bond motifs is 1. The highest BCUT2D eigenvalue weighted by Gasteiger charge is 2.26. The number of hydrogen-bond acceptors (Lipinski definition) is 6. The molecule has 0 aliphatic heterocycles. The Bertz CT molecular complexity index is 1010. The van der Waals surface area contributed by atoms with Gasteiger partial charge in [-0.15, -0.1) is 0 Å². The molecule has 0 atom stereocenters. The first-order chi connectivity index (χ1) is 11.4. The summed E-state index contributed by atoms with van der Waals surface area (Å²) in [5.74, 6) is 0.672. The van der Waals surface area contributed by atoms with Gasteiger partial charge in [0.2, 0.25) is 9.99 Å². The van der Waals surface area contributed by atoms with Crippen LogP contribution >= 0.6 is 11.3 Å². The summed E-state index contributed by atoms with van der Waals surface area (Å²) in [6, 6.07) is 5.16. The van der Waals surface area contributed by atoms with Crippen molar-refractivity contribution >= 4 is 32.0 Å². The molecule has 0 bridgehead atoms. The van der Waals surface area contributed by atoms with E-state index in [2.05, 4.69) is 14.8 Å². The van der Waals surface area contributed by atoms with Crippen LogP contribution in [0.5, 0.6) is 5.75 Å². The SMILES string of the molecule is CCc1nn2c(S(=O)(=O)Nc3ccc(OC)cc3C)c(C)nc2s1. The molecule has 3 rings (SSSR count). The van der Waals surface area contributed by atoms with Crippen LogP contribution in [0.4, 0.5) is 5.69 Å². The maximum absolute atomic E-state index is 12.9. The Hall–Kier alpha value is -2.13. The minimum atomic E-state index is -3.81. The number of sulfonamides is 1. The lowest BCUT2D eigenvalue weighted by atomic mass is 10.2. The summed E-state index contributed by atoms with van der Waals surface area (Å²) in [6.07, 6.45) is 0.734. The van der Waals surface area contributed by atoms with Crippen LogP contribution in [0, 0.1) is 13.8 Å². The number of aromatic nitrogens is 3. The van der Waals surface area contributed by atoms with E-state index >= 15 is 0 Å². The van der Waals surface area contributed by atoms with Gasteiger partial charge in [-0.1, -0.05) is 18.3 Å². The van der Waals surface area contributed by atoms with Crippen molar-refractivity contribution in [2.75, 3.05) is 11.8 Å². The van der Waals surface area contributed by atoms with E-state index in [1.165, 1.54) is 15.9 Å². The van der Waals surface area contributed by atoms with E-state index < -0.39 is 10.0 Å². The zero-order valence-electron chi connectivity index (χ0n) is 13.8. The zero-order valence-corrected chi connectivity index (χ0v) is 15.5. The monoisotopic (exact) mass is 366 g/mol. The largest absolute Gasteiger partial charge is 0.497 e. The van der Waals surface area contributed by atoms with Crippen LogP contribution in [0.15, 0.2) is 23.2 Å². The molecule has 0 aliphatic carbocycles. The molecule has 3 aromatic rings. The van der Waals surface area contributed by atoms with Crippen LogP contribution in [0.1, 0.15) is 23.2 Å². The molecule has 0 saturated heterocycles. The molecule has 0 spiro atoms. The highest BCUT2D eigenvalue weighted by Crippen LogP contribution is 2.27. The Morgan fingerprint density at radius 1 is 1.33 bits per heavy atom. The van der Waals surface area contributed by atoms with Crippen molar-refractivity contribution in [1.82, 2.24) is 14.6 Å². The van der Waals surface area contributed by atoms with Crippen LogP contribution in [0.25, 0.3) is 4.96 Å². The maximum atomic E-state index is 12.9. The van der Waals surface area contributed by atoms with Crippen LogP contribution in [0.2, 0.25) is 0 Å². The van der Waals surface area contributed by atoms with E-state index in [1.54, 1.807) is 32.2 Å². The summed E-state index contributed by atoms with van der Waals surface area (Å²) in [4.78, 5) is 4.90. The first-order valence-electron chi connectivity index (χ1n) is 7.38. The van der Waals surface area contributed by atoms with E-state index in [-0.39, 0.29) is 5.03 Å². The lowest BCUT2D eigenvalue weighted by Crippen LogP contribution is -2.17. The van der Waals surface area contributed by atoms with E-state index in [1.807, 2.05) is 13.8 Å². The van der Waals surface area contributed by atoms with Gasteiger partial charge < -0.3 is 4.74 Å². The summed E-state index contributed by atoms with van der Waals surface area (Å²) < 4.78 is 34.9. The van der Waals surface area contributed by atoms with Crippen LogP contribution in [-0.2, 0) is 16.4 Å². The Morgan fingerprint density at radius 3 is 2.71 bits per heavy atom. The molecule has 24 heavy (non-hydrogen) atoms. The Morgan fingerprint density at radius 2 is 2.08 bits per heavy atom. The van der Waals surface area contributed by atoms with Gasteiger partial charge in [0.15, 0.2) is 0 Å². The van der Waals surface area contributed by atoms with Crippen molar-refractivity contribution in [2.45, 2.75) is 32.2 Å². The minimum Gasteiger partial charge on any atom is -0.497 e. The lowest BCUT2D eigenvalue weighted by molar-refractivity contribution is 0.414. The van der Waals surface area contributed by atoms with E-state index in [4.69, 9.17) is 4.74 Å². The second-order valence-corrected chi connectivity index (χ2v) is 7.97. The first-order valence-corrected chi connectivity index (χ1v) is 9.68. The fraction of sp³-hybridized carbons (Fsp3) is 0.333. The van der Waals surface area contributed by atoms with Crippen LogP contribution in [-0.4, -0.2) is 30.1 Å². The van der Waals surface area contributed by atoms with Gasteiger partial charge in [0.05, 0.1) is 18.5 Å². The number of methoxy groups -OCH3 is 1. The third-order valence-corrected chi connectivity index (χ3v) is 6.12. The molecule has 2 heterocycles. The maximum Gasteiger partial charge on any atom is 0.281 e. The van der Waals surface area contributed by atoms with Gasteiger partial charge in [-0.2, -0.15) is 18.0 Å². The summed E-state index contributed by atoms with van der Waals surface area (Å²) in [7, 11) is -2.24. The summed E-state index contributed by atoms with van der Waals surface area (Å²) in [5, 5.41) is 5.26. The average Bonchev–Trinajstić information content (AvgIpc) is 3.04. The van der Waals surface area contributed by atoms with Crippen LogP contribution < -0.4 is 9.46 Å². The second-order valence-electron chi connectivity index (χ2n) is 5.33. The number of anilines is 1. The molecule has 0 unspecified atom stereocenters. The number of ether oxygens (including phenoxy) is 1. The smallest absolute Gasteiger partial charge is 0.281 e. The molecule has 1 aromatic carbocycles. The Balaban J connectivity index is 2.05. The topological polar surface area (TPSA) is 85.6 Å². The molecule has 1 N–H and O–H groups in total.